The molecule has 0 bridgehead atoms. The predicted molar refractivity (Wildman–Crippen MR) is 134 cm³/mol. The maximum atomic E-state index is 13.0. The third kappa shape index (κ3) is 4.78. The van der Waals surface area contributed by atoms with Crippen LogP contribution in [-0.2, 0) is 23.1 Å². The number of aliphatic hydroxyl groups is 4. The number of fused-ring (bicyclic) bond motifs is 2. The van der Waals surface area contributed by atoms with Crippen LogP contribution in [0.3, 0.4) is 0 Å². The number of aromatic nitrogens is 9. The molecule has 2 fully saturated rings. The second-order valence-corrected chi connectivity index (χ2v) is 10.8. The molecule has 1 unspecified atom stereocenters. The Morgan fingerprint density at radius 2 is 1.79 bits per heavy atom. The van der Waals surface area contributed by atoms with Gasteiger partial charge in [0, 0.05) is 0 Å². The minimum atomic E-state index is -5.08. The standard InChI is InChI=1S/C19H24N11O11P/c20-13-7-14(23-3-22-13)29(4-24-7)17-11(34)9(32)6(40-17)2-38-42(36,37)41-12-10(33)5(1-31)39-18(12)30-15-8(27-28-30)16(35)26-19(21)25-15/h3-6,9-12,17-18,31-34H,1-2H2,(H,36,37)(H2,20,22,23)(H3,21,25,26,35)/t5-,6-,9-,10-,11-,12-,17-,18-/m1/s1. The fraction of sp³-hybridized carbons (Fsp3) is 0.526. The molecule has 0 spiro atoms. The van der Waals surface area contributed by atoms with Gasteiger partial charge in [0.25, 0.3) is 5.56 Å². The number of rotatable bonds is 8. The zero-order valence-electron chi connectivity index (χ0n) is 21.1. The van der Waals surface area contributed by atoms with E-state index < -0.39 is 75.7 Å². The second kappa shape index (κ2) is 10.5. The Hall–Kier alpha value is -3.70. The average Bonchev–Trinajstić information content (AvgIpc) is 3.69. The van der Waals surface area contributed by atoms with E-state index >= 15 is 0 Å². The Morgan fingerprint density at radius 3 is 2.55 bits per heavy atom. The van der Waals surface area contributed by atoms with Gasteiger partial charge in [0.15, 0.2) is 35.1 Å². The quantitative estimate of drug-likeness (QED) is 0.0875. The van der Waals surface area contributed by atoms with E-state index in [1.54, 1.807) is 0 Å². The molecule has 6 rings (SSSR count). The molecular weight excluding hydrogens is 589 g/mol. The summed E-state index contributed by atoms with van der Waals surface area (Å²) in [6, 6.07) is 0. The number of nitrogen functional groups attached to an aromatic ring is 2. The van der Waals surface area contributed by atoms with Gasteiger partial charge in [0.2, 0.25) is 5.95 Å². The van der Waals surface area contributed by atoms with Crippen LogP contribution in [0.2, 0.25) is 0 Å². The number of hydrogen-bond acceptors (Lipinski definition) is 18. The molecule has 2 aliphatic heterocycles. The number of aliphatic hydroxyl groups excluding tert-OH is 4. The molecule has 4 aromatic rings. The number of hydrogen-bond donors (Lipinski definition) is 8. The van der Waals surface area contributed by atoms with Crippen LogP contribution >= 0.6 is 7.82 Å². The van der Waals surface area contributed by atoms with Gasteiger partial charge < -0.3 is 46.3 Å². The van der Waals surface area contributed by atoms with Gasteiger partial charge in [0.1, 0.15) is 48.5 Å². The molecule has 23 heteroatoms. The highest BCUT2D eigenvalue weighted by atomic mass is 31.2. The Kier molecular flexibility index (Phi) is 7.13. The summed E-state index contributed by atoms with van der Waals surface area (Å²) in [7, 11) is -5.08. The van der Waals surface area contributed by atoms with E-state index in [9.17, 15) is 34.7 Å². The van der Waals surface area contributed by atoms with Gasteiger partial charge in [-0.05, 0) is 0 Å². The molecule has 42 heavy (non-hydrogen) atoms. The molecule has 0 saturated carbocycles. The van der Waals surface area contributed by atoms with Crippen LogP contribution in [0.25, 0.3) is 22.3 Å². The van der Waals surface area contributed by atoms with Crippen molar-refractivity contribution in [1.29, 1.82) is 0 Å². The number of H-pyrrole nitrogens is 1. The molecule has 2 aliphatic rings. The van der Waals surface area contributed by atoms with Crippen LogP contribution < -0.4 is 17.0 Å². The van der Waals surface area contributed by atoms with Crippen molar-refractivity contribution in [2.45, 2.75) is 49.1 Å². The summed E-state index contributed by atoms with van der Waals surface area (Å²) in [6.07, 6.45) is -9.47. The number of nitrogens with two attached hydrogens (primary N) is 2. The van der Waals surface area contributed by atoms with E-state index in [2.05, 4.69) is 35.2 Å². The van der Waals surface area contributed by atoms with E-state index in [-0.39, 0.29) is 34.1 Å². The van der Waals surface area contributed by atoms with Crippen molar-refractivity contribution in [2.75, 3.05) is 24.7 Å². The number of nitrogens with zero attached hydrogens (tertiary/aromatic N) is 8. The lowest BCUT2D eigenvalue weighted by Gasteiger charge is -2.24. The lowest BCUT2D eigenvalue weighted by molar-refractivity contribution is -0.0649. The van der Waals surface area contributed by atoms with Crippen LogP contribution in [-0.4, -0.2) is 120 Å². The van der Waals surface area contributed by atoms with Gasteiger partial charge in [0.05, 0.1) is 19.5 Å². The molecule has 22 nitrogen and oxygen atoms in total. The van der Waals surface area contributed by atoms with Crippen molar-refractivity contribution >= 4 is 41.9 Å². The molecule has 0 aliphatic carbocycles. The normalized spacial score (nSPS) is 31.3. The number of anilines is 2. The first-order chi connectivity index (χ1) is 20.0. The van der Waals surface area contributed by atoms with Crippen molar-refractivity contribution in [1.82, 2.24) is 44.5 Å². The highest BCUT2D eigenvalue weighted by Gasteiger charge is 2.51. The molecule has 0 amide bonds. The molecule has 0 radical (unpaired) electrons. The van der Waals surface area contributed by atoms with Crippen LogP contribution in [0.4, 0.5) is 11.8 Å². The summed E-state index contributed by atoms with van der Waals surface area (Å²) < 4.78 is 36.6. The summed E-state index contributed by atoms with van der Waals surface area (Å²) in [5.74, 6) is -0.216. The Bertz CT molecular complexity index is 1730. The molecule has 226 valence electrons. The van der Waals surface area contributed by atoms with E-state index in [1.807, 2.05) is 0 Å². The van der Waals surface area contributed by atoms with Crippen LogP contribution in [0.15, 0.2) is 17.4 Å². The minimum absolute atomic E-state index is 0.0785. The second-order valence-electron chi connectivity index (χ2n) is 9.36. The van der Waals surface area contributed by atoms with E-state index in [1.165, 1.54) is 17.2 Å². The number of ether oxygens (including phenoxy) is 2. The van der Waals surface area contributed by atoms with Crippen molar-refractivity contribution in [3.63, 3.8) is 0 Å². The SMILES string of the molecule is Nc1nc2c(nnn2[C@@H]2O[C@H](CO)[C@@H](O)[C@H]2OP(=O)(O)OC[C@H]2O[C@@H](n3cnc4c(N)ncnc43)[C@H](O)[C@@H]2O)c(=O)[nH]1. The fourth-order valence-corrected chi connectivity index (χ4v) is 5.65. The predicted octanol–water partition coefficient (Wildman–Crippen LogP) is -4.11. The van der Waals surface area contributed by atoms with Crippen molar-refractivity contribution in [2.24, 2.45) is 0 Å². The van der Waals surface area contributed by atoms with Gasteiger partial charge in [-0.2, -0.15) is 9.67 Å². The summed E-state index contributed by atoms with van der Waals surface area (Å²) in [5, 5.41) is 48.9. The van der Waals surface area contributed by atoms with E-state index in [4.69, 9.17) is 30.0 Å². The van der Waals surface area contributed by atoms with E-state index in [0.717, 1.165) is 4.68 Å². The van der Waals surface area contributed by atoms with Gasteiger partial charge in [-0.15, -0.1) is 5.10 Å². The van der Waals surface area contributed by atoms with Gasteiger partial charge in [-0.1, -0.05) is 5.21 Å². The zero-order valence-corrected chi connectivity index (χ0v) is 21.9. The highest BCUT2D eigenvalue weighted by molar-refractivity contribution is 7.47. The zero-order chi connectivity index (χ0) is 29.9. The highest BCUT2D eigenvalue weighted by Crippen LogP contribution is 2.50. The van der Waals surface area contributed by atoms with Gasteiger partial charge in [-0.25, -0.2) is 19.5 Å². The molecular formula is C19H24N11O11P. The molecule has 6 heterocycles. The smallest absolute Gasteiger partial charge is 0.394 e. The number of imidazole rings is 1. The number of phosphoric acid groups is 1. The largest absolute Gasteiger partial charge is 0.472 e. The first-order valence-corrected chi connectivity index (χ1v) is 13.6. The van der Waals surface area contributed by atoms with Crippen molar-refractivity contribution in [3.05, 3.63) is 23.0 Å². The first kappa shape index (κ1) is 28.4. The Balaban J connectivity index is 1.19. The third-order valence-corrected chi connectivity index (χ3v) is 7.73. The van der Waals surface area contributed by atoms with Gasteiger partial charge >= 0.3 is 7.82 Å². The molecule has 4 aromatic heterocycles. The van der Waals surface area contributed by atoms with Crippen molar-refractivity contribution in [3.8, 4) is 0 Å². The monoisotopic (exact) mass is 613 g/mol. The number of aromatic amines is 1. The maximum absolute atomic E-state index is 13.0. The van der Waals surface area contributed by atoms with Crippen LogP contribution in [0.1, 0.15) is 12.5 Å². The van der Waals surface area contributed by atoms with Crippen molar-refractivity contribution < 1.29 is 48.4 Å². The lowest BCUT2D eigenvalue weighted by atomic mass is 10.1. The lowest BCUT2D eigenvalue weighted by Crippen LogP contribution is -2.36. The Morgan fingerprint density at radius 1 is 1.02 bits per heavy atom. The fourth-order valence-electron chi connectivity index (χ4n) is 4.71. The molecule has 10 N–H and O–H groups in total. The van der Waals surface area contributed by atoms with Gasteiger partial charge in [-0.3, -0.25) is 23.4 Å². The third-order valence-electron chi connectivity index (χ3n) is 6.74. The maximum Gasteiger partial charge on any atom is 0.472 e. The Labute approximate surface area is 232 Å². The summed E-state index contributed by atoms with van der Waals surface area (Å²) in [5.41, 5.74) is 10.6. The summed E-state index contributed by atoms with van der Waals surface area (Å²) in [4.78, 5) is 40.8. The molecule has 2 saturated heterocycles. The average molecular weight is 613 g/mol. The molecule has 9 atom stereocenters. The van der Waals surface area contributed by atoms with E-state index in [0.29, 0.717) is 0 Å². The summed E-state index contributed by atoms with van der Waals surface area (Å²) in [6.45, 7) is -1.48. The van der Waals surface area contributed by atoms with Crippen LogP contribution in [0.5, 0.6) is 0 Å². The number of phosphoric ester groups is 1. The topological polar surface area (TPSA) is 327 Å². The summed E-state index contributed by atoms with van der Waals surface area (Å²) >= 11 is 0. The molecule has 0 aromatic carbocycles. The first-order valence-electron chi connectivity index (χ1n) is 12.1. The van der Waals surface area contributed by atoms with Crippen LogP contribution in [0, 0.1) is 0 Å². The number of nitrogens with one attached hydrogen (secondary N) is 1. The minimum Gasteiger partial charge on any atom is -0.394 e.